The molecule has 0 spiro atoms. The Morgan fingerprint density at radius 3 is 2.46 bits per heavy atom. The van der Waals surface area contributed by atoms with E-state index in [0.717, 1.165) is 5.39 Å². The van der Waals surface area contributed by atoms with Crippen molar-refractivity contribution in [1.29, 1.82) is 0 Å². The summed E-state index contributed by atoms with van der Waals surface area (Å²) in [5.74, 6) is -0.0127. The van der Waals surface area contributed by atoms with E-state index in [2.05, 4.69) is 15.8 Å². The van der Waals surface area contributed by atoms with Gasteiger partial charge in [-0.3, -0.25) is 25.4 Å². The summed E-state index contributed by atoms with van der Waals surface area (Å²) in [6, 6.07) is 14.0. The van der Waals surface area contributed by atoms with Gasteiger partial charge in [0.1, 0.15) is 5.69 Å². The summed E-state index contributed by atoms with van der Waals surface area (Å²) in [6.07, 6.45) is 1.53. The van der Waals surface area contributed by atoms with Gasteiger partial charge < -0.3 is 9.47 Å². The van der Waals surface area contributed by atoms with Crippen molar-refractivity contribution in [1.82, 2.24) is 15.8 Å². The summed E-state index contributed by atoms with van der Waals surface area (Å²) >= 11 is 0. The maximum Gasteiger partial charge on any atom is 0.288 e. The molecule has 7 heteroatoms. The fourth-order valence-electron chi connectivity index (χ4n) is 2.71. The molecule has 0 aliphatic heterocycles. The van der Waals surface area contributed by atoms with Crippen LogP contribution in [0.15, 0.2) is 54.7 Å². The Bertz CT molecular complexity index is 1010. The van der Waals surface area contributed by atoms with E-state index in [1.54, 1.807) is 30.5 Å². The normalized spacial score (nSPS) is 10.6. The third-order valence-electron chi connectivity index (χ3n) is 3.97. The number of nitrogens with one attached hydrogen (secondary N) is 2. The second kappa shape index (κ2) is 8.39. The Morgan fingerprint density at radius 2 is 1.71 bits per heavy atom. The first-order chi connectivity index (χ1) is 13.5. The minimum Gasteiger partial charge on any atom is -0.493 e. The molecule has 0 aliphatic carbocycles. The van der Waals surface area contributed by atoms with E-state index >= 15 is 0 Å². The standard InChI is InChI=1S/C21H21N3O4/c1-13(2)28-17-9-8-15(12-18(17)27-3)20(25)23-24-21(26)19-16-7-5-4-6-14(16)10-11-22-19/h4-13H,1-3H3,(H,23,25)(H,24,26). The average molecular weight is 379 g/mol. The number of pyridine rings is 1. The zero-order valence-electron chi connectivity index (χ0n) is 15.9. The topological polar surface area (TPSA) is 89.6 Å². The summed E-state index contributed by atoms with van der Waals surface area (Å²) in [7, 11) is 1.50. The number of hydrazine groups is 1. The van der Waals surface area contributed by atoms with Crippen LogP contribution in [0.4, 0.5) is 0 Å². The highest BCUT2D eigenvalue weighted by Crippen LogP contribution is 2.28. The fraction of sp³-hybridized carbons (Fsp3) is 0.190. The molecule has 0 bridgehead atoms. The van der Waals surface area contributed by atoms with Gasteiger partial charge in [-0.1, -0.05) is 24.3 Å². The zero-order valence-corrected chi connectivity index (χ0v) is 15.9. The predicted molar refractivity (Wildman–Crippen MR) is 105 cm³/mol. The monoisotopic (exact) mass is 379 g/mol. The number of fused-ring (bicyclic) bond motifs is 1. The molecular formula is C21H21N3O4. The minimum atomic E-state index is -0.503. The van der Waals surface area contributed by atoms with Crippen molar-refractivity contribution in [3.05, 3.63) is 66.0 Å². The van der Waals surface area contributed by atoms with Crippen LogP contribution in [0.3, 0.4) is 0 Å². The third-order valence-corrected chi connectivity index (χ3v) is 3.97. The van der Waals surface area contributed by atoms with Crippen molar-refractivity contribution in [3.63, 3.8) is 0 Å². The highest BCUT2D eigenvalue weighted by atomic mass is 16.5. The lowest BCUT2D eigenvalue weighted by Gasteiger charge is -2.14. The SMILES string of the molecule is COc1cc(C(=O)NNC(=O)c2nccc3ccccc23)ccc1OC(C)C. The molecule has 28 heavy (non-hydrogen) atoms. The van der Waals surface area contributed by atoms with E-state index in [4.69, 9.17) is 9.47 Å². The molecule has 144 valence electrons. The Balaban J connectivity index is 1.72. The van der Waals surface area contributed by atoms with Gasteiger partial charge in [-0.05, 0) is 43.5 Å². The molecule has 0 radical (unpaired) electrons. The molecule has 2 amide bonds. The molecule has 1 aromatic heterocycles. The van der Waals surface area contributed by atoms with Gasteiger partial charge in [-0.15, -0.1) is 0 Å². The smallest absolute Gasteiger partial charge is 0.288 e. The lowest BCUT2D eigenvalue weighted by molar-refractivity contribution is 0.0844. The van der Waals surface area contributed by atoms with Gasteiger partial charge in [0, 0.05) is 17.1 Å². The van der Waals surface area contributed by atoms with Crippen LogP contribution >= 0.6 is 0 Å². The number of carbonyl (C=O) groups is 2. The first kappa shape index (κ1) is 19.2. The number of rotatable bonds is 5. The van der Waals surface area contributed by atoms with Crippen molar-refractivity contribution in [2.45, 2.75) is 20.0 Å². The van der Waals surface area contributed by atoms with Gasteiger partial charge in [0.25, 0.3) is 11.8 Å². The van der Waals surface area contributed by atoms with Gasteiger partial charge in [-0.2, -0.15) is 0 Å². The molecular weight excluding hydrogens is 358 g/mol. The first-order valence-electron chi connectivity index (χ1n) is 8.78. The quantitative estimate of drug-likeness (QED) is 0.665. The predicted octanol–water partition coefficient (Wildman–Crippen LogP) is 3.11. The summed E-state index contributed by atoms with van der Waals surface area (Å²) in [5, 5.41) is 1.59. The van der Waals surface area contributed by atoms with Crippen LogP contribution in [-0.2, 0) is 0 Å². The second-order valence-electron chi connectivity index (χ2n) is 6.32. The van der Waals surface area contributed by atoms with Crippen LogP contribution in [0.1, 0.15) is 34.7 Å². The number of amides is 2. The molecule has 2 N–H and O–H groups in total. The van der Waals surface area contributed by atoms with Crippen LogP contribution in [0.2, 0.25) is 0 Å². The molecule has 0 saturated heterocycles. The van der Waals surface area contributed by atoms with Crippen molar-refractivity contribution in [2.24, 2.45) is 0 Å². The van der Waals surface area contributed by atoms with E-state index in [-0.39, 0.29) is 11.8 Å². The van der Waals surface area contributed by atoms with E-state index in [1.165, 1.54) is 7.11 Å². The number of benzene rings is 2. The number of ether oxygens (including phenoxy) is 2. The van der Waals surface area contributed by atoms with E-state index in [0.29, 0.717) is 22.4 Å². The zero-order chi connectivity index (χ0) is 20.1. The lowest BCUT2D eigenvalue weighted by atomic mass is 10.1. The van der Waals surface area contributed by atoms with Crippen LogP contribution in [0.25, 0.3) is 10.8 Å². The molecule has 0 fully saturated rings. The van der Waals surface area contributed by atoms with Crippen molar-refractivity contribution in [2.75, 3.05) is 7.11 Å². The number of methoxy groups -OCH3 is 1. The lowest BCUT2D eigenvalue weighted by Crippen LogP contribution is -2.42. The number of aromatic nitrogens is 1. The molecule has 3 aromatic rings. The largest absolute Gasteiger partial charge is 0.493 e. The van der Waals surface area contributed by atoms with Gasteiger partial charge in [0.15, 0.2) is 11.5 Å². The molecule has 0 saturated carbocycles. The first-order valence-corrected chi connectivity index (χ1v) is 8.78. The van der Waals surface area contributed by atoms with Gasteiger partial charge >= 0.3 is 0 Å². The third kappa shape index (κ3) is 4.20. The summed E-state index contributed by atoms with van der Waals surface area (Å²) in [5.41, 5.74) is 5.35. The van der Waals surface area contributed by atoms with Crippen molar-refractivity contribution in [3.8, 4) is 11.5 Å². The van der Waals surface area contributed by atoms with Crippen molar-refractivity contribution < 1.29 is 19.1 Å². The van der Waals surface area contributed by atoms with Gasteiger partial charge in [0.05, 0.1) is 13.2 Å². The Hall–Kier alpha value is -3.61. The number of hydrogen-bond acceptors (Lipinski definition) is 5. The summed E-state index contributed by atoms with van der Waals surface area (Å²) < 4.78 is 10.9. The Labute approximate surface area is 162 Å². The Kier molecular flexibility index (Phi) is 5.74. The molecule has 2 aromatic carbocycles. The van der Waals surface area contributed by atoms with Gasteiger partial charge in [-0.25, -0.2) is 0 Å². The van der Waals surface area contributed by atoms with E-state index < -0.39 is 11.8 Å². The van der Waals surface area contributed by atoms with E-state index in [9.17, 15) is 9.59 Å². The van der Waals surface area contributed by atoms with Crippen LogP contribution < -0.4 is 20.3 Å². The number of carbonyl (C=O) groups excluding carboxylic acids is 2. The molecule has 0 unspecified atom stereocenters. The maximum absolute atomic E-state index is 12.5. The molecule has 0 atom stereocenters. The van der Waals surface area contributed by atoms with Crippen molar-refractivity contribution >= 4 is 22.6 Å². The fourth-order valence-corrected chi connectivity index (χ4v) is 2.71. The highest BCUT2D eigenvalue weighted by molar-refractivity contribution is 6.06. The molecule has 1 heterocycles. The highest BCUT2D eigenvalue weighted by Gasteiger charge is 2.15. The van der Waals surface area contributed by atoms with Crippen LogP contribution in [0, 0.1) is 0 Å². The molecule has 0 aliphatic rings. The molecule has 7 nitrogen and oxygen atoms in total. The molecule has 3 rings (SSSR count). The summed E-state index contributed by atoms with van der Waals surface area (Å²) in [6.45, 7) is 3.80. The maximum atomic E-state index is 12.5. The van der Waals surface area contributed by atoms with Gasteiger partial charge in [0.2, 0.25) is 0 Å². The average Bonchev–Trinajstić information content (AvgIpc) is 2.71. The number of hydrogen-bond donors (Lipinski definition) is 2. The van der Waals surface area contributed by atoms with Crippen LogP contribution in [-0.4, -0.2) is 30.0 Å². The summed E-state index contributed by atoms with van der Waals surface area (Å²) in [4.78, 5) is 29.0. The van der Waals surface area contributed by atoms with E-state index in [1.807, 2.05) is 38.1 Å². The second-order valence-corrected chi connectivity index (χ2v) is 6.32. The minimum absolute atomic E-state index is 0.0268. The van der Waals surface area contributed by atoms with Crippen LogP contribution in [0.5, 0.6) is 11.5 Å². The number of nitrogens with zero attached hydrogens (tertiary/aromatic N) is 1. The Morgan fingerprint density at radius 1 is 0.964 bits per heavy atom.